The van der Waals surface area contributed by atoms with Crippen LogP contribution in [-0.2, 0) is 0 Å². The van der Waals surface area contributed by atoms with Gasteiger partial charge < -0.3 is 15.8 Å². The fourth-order valence-corrected chi connectivity index (χ4v) is 2.23. The number of halogens is 1. The lowest BCUT2D eigenvalue weighted by Gasteiger charge is -2.15. The molecular weight excluding hydrogens is 316 g/mol. The number of rotatable bonds is 5. The van der Waals surface area contributed by atoms with E-state index in [1.807, 2.05) is 30.3 Å². The Kier molecular flexibility index (Phi) is 4.90. The third kappa shape index (κ3) is 3.45. The molecule has 0 fully saturated rings. The van der Waals surface area contributed by atoms with Crippen molar-refractivity contribution in [3.63, 3.8) is 0 Å². The monoisotopic (exact) mass is 334 g/mol. The number of benzene rings is 2. The van der Waals surface area contributed by atoms with E-state index in [0.29, 0.717) is 12.3 Å². The van der Waals surface area contributed by atoms with Gasteiger partial charge in [0, 0.05) is 10.2 Å². The number of nitrogen functional groups attached to an aromatic ring is 1. The number of nitrogens with one attached hydrogen (secondary N) is 1. The first-order chi connectivity index (χ1) is 9.61. The minimum absolute atomic E-state index is 0.639. The molecule has 2 aromatic carbocycles. The number of para-hydroxylation sites is 1. The number of nitrogens with two attached hydrogens (primary N) is 1. The molecule has 0 spiro atoms. The Bertz CT molecular complexity index is 599. The number of hydrogen-bond acceptors (Lipinski definition) is 3. The topological polar surface area (TPSA) is 47.3 Å². The second-order valence-electron chi connectivity index (χ2n) is 4.65. The molecule has 0 aliphatic rings. The SMILES string of the molecule is CCCOc1cccc(Nc2cc(Br)ccc2C)c1N. The van der Waals surface area contributed by atoms with Crippen LogP contribution in [0.25, 0.3) is 0 Å². The van der Waals surface area contributed by atoms with Crippen LogP contribution in [0.1, 0.15) is 18.9 Å². The van der Waals surface area contributed by atoms with Crippen molar-refractivity contribution in [2.45, 2.75) is 20.3 Å². The largest absolute Gasteiger partial charge is 0.491 e. The number of anilines is 3. The maximum Gasteiger partial charge on any atom is 0.144 e. The fourth-order valence-electron chi connectivity index (χ4n) is 1.86. The molecule has 0 saturated heterocycles. The highest BCUT2D eigenvalue weighted by atomic mass is 79.9. The summed E-state index contributed by atoms with van der Waals surface area (Å²) in [5, 5.41) is 3.36. The third-order valence-electron chi connectivity index (χ3n) is 3.00. The molecule has 0 aliphatic carbocycles. The molecular formula is C16H19BrN2O. The molecule has 0 bridgehead atoms. The van der Waals surface area contributed by atoms with Gasteiger partial charge in [0.2, 0.25) is 0 Å². The van der Waals surface area contributed by atoms with Crippen LogP contribution in [0.4, 0.5) is 17.1 Å². The van der Waals surface area contributed by atoms with Gasteiger partial charge in [0.25, 0.3) is 0 Å². The van der Waals surface area contributed by atoms with Crippen LogP contribution < -0.4 is 15.8 Å². The summed E-state index contributed by atoms with van der Waals surface area (Å²) in [4.78, 5) is 0. The van der Waals surface area contributed by atoms with Crippen molar-refractivity contribution in [3.8, 4) is 5.75 Å². The summed E-state index contributed by atoms with van der Waals surface area (Å²) in [6.07, 6.45) is 0.960. The van der Waals surface area contributed by atoms with E-state index < -0.39 is 0 Å². The van der Waals surface area contributed by atoms with Gasteiger partial charge in [-0.1, -0.05) is 35.0 Å². The molecule has 0 unspecified atom stereocenters. The van der Waals surface area contributed by atoms with Gasteiger partial charge in [-0.15, -0.1) is 0 Å². The highest BCUT2D eigenvalue weighted by Crippen LogP contribution is 2.33. The van der Waals surface area contributed by atoms with Crippen molar-refractivity contribution < 1.29 is 4.74 Å². The predicted molar refractivity (Wildman–Crippen MR) is 88.8 cm³/mol. The molecule has 3 nitrogen and oxygen atoms in total. The molecule has 0 atom stereocenters. The van der Waals surface area contributed by atoms with Crippen molar-refractivity contribution in [2.75, 3.05) is 17.7 Å². The molecule has 0 heterocycles. The van der Waals surface area contributed by atoms with E-state index in [9.17, 15) is 0 Å². The van der Waals surface area contributed by atoms with Gasteiger partial charge in [0.05, 0.1) is 18.0 Å². The molecule has 0 aliphatic heterocycles. The molecule has 4 heteroatoms. The van der Waals surface area contributed by atoms with E-state index in [4.69, 9.17) is 10.5 Å². The molecule has 2 aromatic rings. The third-order valence-corrected chi connectivity index (χ3v) is 3.49. The smallest absolute Gasteiger partial charge is 0.144 e. The Morgan fingerprint density at radius 2 is 2.00 bits per heavy atom. The Hall–Kier alpha value is -1.68. The molecule has 0 saturated carbocycles. The average molecular weight is 335 g/mol. The number of aryl methyl sites for hydroxylation is 1. The Labute approximate surface area is 128 Å². The highest BCUT2D eigenvalue weighted by Gasteiger charge is 2.07. The van der Waals surface area contributed by atoms with Crippen molar-refractivity contribution in [2.24, 2.45) is 0 Å². The lowest BCUT2D eigenvalue weighted by Crippen LogP contribution is -2.02. The zero-order chi connectivity index (χ0) is 14.5. The van der Waals surface area contributed by atoms with Crippen molar-refractivity contribution in [1.29, 1.82) is 0 Å². The summed E-state index contributed by atoms with van der Waals surface area (Å²) >= 11 is 3.48. The zero-order valence-corrected chi connectivity index (χ0v) is 13.3. The summed E-state index contributed by atoms with van der Waals surface area (Å²) < 4.78 is 6.67. The van der Waals surface area contributed by atoms with Crippen molar-refractivity contribution in [1.82, 2.24) is 0 Å². The van der Waals surface area contributed by atoms with Crippen molar-refractivity contribution in [3.05, 3.63) is 46.4 Å². The summed E-state index contributed by atoms with van der Waals surface area (Å²) in [5.41, 5.74) is 9.85. The summed E-state index contributed by atoms with van der Waals surface area (Å²) in [7, 11) is 0. The van der Waals surface area contributed by atoms with E-state index in [1.165, 1.54) is 0 Å². The molecule has 20 heavy (non-hydrogen) atoms. The molecule has 0 aromatic heterocycles. The molecule has 3 N–H and O–H groups in total. The van der Waals surface area contributed by atoms with E-state index in [-0.39, 0.29) is 0 Å². The van der Waals surface area contributed by atoms with Crippen LogP contribution in [0.5, 0.6) is 5.75 Å². The van der Waals surface area contributed by atoms with E-state index in [1.54, 1.807) is 0 Å². The number of hydrogen-bond donors (Lipinski definition) is 2. The van der Waals surface area contributed by atoms with Crippen LogP contribution in [0.15, 0.2) is 40.9 Å². The summed E-state index contributed by atoms with van der Waals surface area (Å²) in [6.45, 7) is 4.80. The summed E-state index contributed by atoms with van der Waals surface area (Å²) in [6, 6.07) is 11.9. The lowest BCUT2D eigenvalue weighted by atomic mass is 10.2. The minimum Gasteiger partial charge on any atom is -0.491 e. The zero-order valence-electron chi connectivity index (χ0n) is 11.7. The summed E-state index contributed by atoms with van der Waals surface area (Å²) in [5.74, 6) is 0.726. The maximum atomic E-state index is 6.16. The fraction of sp³-hybridized carbons (Fsp3) is 0.250. The van der Waals surface area contributed by atoms with Crippen LogP contribution >= 0.6 is 15.9 Å². The Balaban J connectivity index is 2.27. The van der Waals surface area contributed by atoms with Gasteiger partial charge in [0.1, 0.15) is 5.75 Å². The van der Waals surface area contributed by atoms with Gasteiger partial charge in [-0.05, 0) is 43.2 Å². The maximum absolute atomic E-state index is 6.16. The first-order valence-electron chi connectivity index (χ1n) is 6.66. The van der Waals surface area contributed by atoms with Crippen LogP contribution in [0.2, 0.25) is 0 Å². The molecule has 2 rings (SSSR count). The standard InChI is InChI=1S/C16H19BrN2O/c1-3-9-20-15-6-4-5-13(16(15)18)19-14-10-12(17)8-7-11(14)2/h4-8,10,19H,3,9,18H2,1-2H3. The first-order valence-corrected chi connectivity index (χ1v) is 7.45. The van der Waals surface area contributed by atoms with E-state index in [0.717, 1.165) is 33.6 Å². The normalized spacial score (nSPS) is 10.3. The molecule has 106 valence electrons. The van der Waals surface area contributed by atoms with Crippen LogP contribution in [0.3, 0.4) is 0 Å². The Morgan fingerprint density at radius 1 is 1.20 bits per heavy atom. The second-order valence-corrected chi connectivity index (χ2v) is 5.57. The van der Waals surface area contributed by atoms with Crippen molar-refractivity contribution >= 4 is 33.0 Å². The van der Waals surface area contributed by atoms with E-state index >= 15 is 0 Å². The molecule has 0 amide bonds. The minimum atomic E-state index is 0.639. The van der Waals surface area contributed by atoms with Gasteiger partial charge in [0.15, 0.2) is 0 Å². The van der Waals surface area contributed by atoms with E-state index in [2.05, 4.69) is 41.2 Å². The average Bonchev–Trinajstić information content (AvgIpc) is 2.44. The van der Waals surface area contributed by atoms with Gasteiger partial charge in [-0.3, -0.25) is 0 Å². The first kappa shape index (κ1) is 14.7. The highest BCUT2D eigenvalue weighted by molar-refractivity contribution is 9.10. The second kappa shape index (κ2) is 6.66. The number of ether oxygens (including phenoxy) is 1. The van der Waals surface area contributed by atoms with Gasteiger partial charge in [-0.25, -0.2) is 0 Å². The molecule has 0 radical (unpaired) electrons. The van der Waals surface area contributed by atoms with Gasteiger partial charge in [-0.2, -0.15) is 0 Å². The lowest BCUT2D eigenvalue weighted by molar-refractivity contribution is 0.319. The predicted octanol–water partition coefficient (Wildman–Crippen LogP) is 4.87. The van der Waals surface area contributed by atoms with Crippen LogP contribution in [0, 0.1) is 6.92 Å². The quantitative estimate of drug-likeness (QED) is 0.766. The van der Waals surface area contributed by atoms with Crippen LogP contribution in [-0.4, -0.2) is 6.61 Å². The Morgan fingerprint density at radius 3 is 2.75 bits per heavy atom. The van der Waals surface area contributed by atoms with Gasteiger partial charge >= 0.3 is 0 Å².